The third-order valence-electron chi connectivity index (χ3n) is 4.12. The van der Waals surface area contributed by atoms with Crippen LogP contribution in [0.1, 0.15) is 52.5 Å². The van der Waals surface area contributed by atoms with Crippen LogP contribution in [0.5, 0.6) is 0 Å². The fourth-order valence-electron chi connectivity index (χ4n) is 4.29. The average Bonchev–Trinajstić information content (AvgIpc) is 2.20. The van der Waals surface area contributed by atoms with Crippen molar-refractivity contribution in [3.8, 4) is 0 Å². The molecule has 0 aromatic heterocycles. The number of halogens is 3. The summed E-state index contributed by atoms with van der Waals surface area (Å²) in [4.78, 5) is 0. The van der Waals surface area contributed by atoms with E-state index in [1.54, 1.807) is 0 Å². The summed E-state index contributed by atoms with van der Waals surface area (Å²) in [6, 6.07) is 2.24. The quantitative estimate of drug-likeness (QED) is 0.756. The van der Waals surface area contributed by atoms with Gasteiger partial charge in [0, 0.05) is 11.1 Å². The van der Waals surface area contributed by atoms with E-state index in [-0.39, 0.29) is 16.4 Å². The first kappa shape index (κ1) is 15.4. The minimum atomic E-state index is -1.44. The number of benzene rings is 1. The molecule has 0 radical (unpaired) electrons. The molecule has 0 bridgehead atoms. The van der Waals surface area contributed by atoms with Crippen molar-refractivity contribution >= 4 is 0 Å². The van der Waals surface area contributed by atoms with Crippen molar-refractivity contribution in [2.75, 3.05) is 0 Å². The van der Waals surface area contributed by atoms with Crippen LogP contribution in [0, 0.1) is 28.3 Å². The number of hydrogen-bond donors (Lipinski definition) is 1. The van der Waals surface area contributed by atoms with Gasteiger partial charge in [0.25, 0.3) is 0 Å². The normalized spacial score (nSPS) is 23.6. The van der Waals surface area contributed by atoms with Crippen LogP contribution in [-0.2, 0) is 5.54 Å². The molecule has 1 aromatic rings. The highest BCUT2D eigenvalue weighted by Crippen LogP contribution is 2.53. The van der Waals surface area contributed by atoms with Gasteiger partial charge in [-0.2, -0.15) is 0 Å². The minimum Gasteiger partial charge on any atom is -0.321 e. The number of rotatable bonds is 1. The van der Waals surface area contributed by atoms with E-state index in [1.807, 2.05) is 0 Å². The molecule has 1 aliphatic rings. The lowest BCUT2D eigenvalue weighted by atomic mass is 9.57. The molecule has 2 N–H and O–H groups in total. The van der Waals surface area contributed by atoms with Crippen LogP contribution < -0.4 is 5.73 Å². The lowest BCUT2D eigenvalue weighted by Crippen LogP contribution is -2.50. The van der Waals surface area contributed by atoms with Crippen molar-refractivity contribution in [2.24, 2.45) is 16.6 Å². The van der Waals surface area contributed by atoms with Crippen molar-refractivity contribution in [2.45, 2.75) is 52.5 Å². The fourth-order valence-corrected chi connectivity index (χ4v) is 4.29. The standard InChI is InChI=1S/C16H22F3N/c1-14(2)7-15(3,4)9-16(20,8-14)10-5-6-11(17)13(19)12(10)18/h5-6H,7-9,20H2,1-4H3. The van der Waals surface area contributed by atoms with Gasteiger partial charge in [-0.3, -0.25) is 0 Å². The van der Waals surface area contributed by atoms with E-state index in [0.717, 1.165) is 12.5 Å². The highest BCUT2D eigenvalue weighted by molar-refractivity contribution is 5.29. The van der Waals surface area contributed by atoms with Crippen LogP contribution in [0.2, 0.25) is 0 Å². The molecular formula is C16H22F3N. The van der Waals surface area contributed by atoms with Gasteiger partial charge in [0.05, 0.1) is 0 Å². The Balaban J connectivity index is 2.52. The zero-order valence-corrected chi connectivity index (χ0v) is 12.5. The molecule has 20 heavy (non-hydrogen) atoms. The molecule has 4 heteroatoms. The summed E-state index contributed by atoms with van der Waals surface area (Å²) >= 11 is 0. The summed E-state index contributed by atoms with van der Waals surface area (Å²) in [5, 5.41) is 0. The first-order valence-electron chi connectivity index (χ1n) is 6.89. The molecule has 1 aromatic carbocycles. The smallest absolute Gasteiger partial charge is 0.194 e. The summed E-state index contributed by atoms with van der Waals surface area (Å²) in [5.41, 5.74) is 5.38. The van der Waals surface area contributed by atoms with Crippen LogP contribution in [0.4, 0.5) is 13.2 Å². The zero-order valence-electron chi connectivity index (χ0n) is 12.5. The molecule has 1 fully saturated rings. The first-order chi connectivity index (χ1) is 8.96. The van der Waals surface area contributed by atoms with Gasteiger partial charge in [-0.25, -0.2) is 13.2 Å². The van der Waals surface area contributed by atoms with Crippen LogP contribution in [-0.4, -0.2) is 0 Å². The number of hydrogen-bond acceptors (Lipinski definition) is 1. The van der Waals surface area contributed by atoms with E-state index in [4.69, 9.17) is 5.73 Å². The Morgan fingerprint density at radius 3 is 1.85 bits per heavy atom. The van der Waals surface area contributed by atoms with Gasteiger partial charge in [-0.15, -0.1) is 0 Å². The van der Waals surface area contributed by atoms with E-state index in [9.17, 15) is 13.2 Å². The van der Waals surface area contributed by atoms with Gasteiger partial charge in [-0.1, -0.05) is 33.8 Å². The van der Waals surface area contributed by atoms with Gasteiger partial charge >= 0.3 is 0 Å². The Morgan fingerprint density at radius 2 is 1.35 bits per heavy atom. The zero-order chi connectivity index (χ0) is 15.3. The van der Waals surface area contributed by atoms with Crippen molar-refractivity contribution in [3.05, 3.63) is 35.1 Å². The summed E-state index contributed by atoms with van der Waals surface area (Å²) in [6.07, 6.45) is 2.06. The molecule has 1 nitrogen and oxygen atoms in total. The molecule has 112 valence electrons. The van der Waals surface area contributed by atoms with Gasteiger partial charge < -0.3 is 5.73 Å². The second-order valence-electron chi connectivity index (χ2n) is 7.74. The highest BCUT2D eigenvalue weighted by Gasteiger charge is 2.47. The largest absolute Gasteiger partial charge is 0.321 e. The Kier molecular flexibility index (Phi) is 3.44. The summed E-state index contributed by atoms with van der Waals surface area (Å²) in [7, 11) is 0. The van der Waals surface area contributed by atoms with Crippen LogP contribution in [0.15, 0.2) is 12.1 Å². The van der Waals surface area contributed by atoms with E-state index in [0.29, 0.717) is 12.8 Å². The maximum absolute atomic E-state index is 14.1. The van der Waals surface area contributed by atoms with Crippen LogP contribution >= 0.6 is 0 Å². The monoisotopic (exact) mass is 285 g/mol. The predicted octanol–water partition coefficient (Wildman–Crippen LogP) is 4.49. The average molecular weight is 285 g/mol. The van der Waals surface area contributed by atoms with E-state index < -0.39 is 23.0 Å². The molecule has 0 unspecified atom stereocenters. The van der Waals surface area contributed by atoms with Crippen molar-refractivity contribution in [3.63, 3.8) is 0 Å². The molecule has 0 saturated heterocycles. The Hall–Kier alpha value is -1.03. The lowest BCUT2D eigenvalue weighted by molar-refractivity contribution is 0.0450. The van der Waals surface area contributed by atoms with Crippen LogP contribution in [0.25, 0.3) is 0 Å². The van der Waals surface area contributed by atoms with Crippen molar-refractivity contribution in [1.82, 2.24) is 0 Å². The first-order valence-corrected chi connectivity index (χ1v) is 6.89. The Bertz CT molecular complexity index is 519. The third kappa shape index (κ3) is 2.71. The van der Waals surface area contributed by atoms with E-state index in [2.05, 4.69) is 27.7 Å². The Morgan fingerprint density at radius 1 is 0.850 bits per heavy atom. The third-order valence-corrected chi connectivity index (χ3v) is 4.12. The summed E-state index contributed by atoms with van der Waals surface area (Å²) in [5.74, 6) is -3.77. The van der Waals surface area contributed by atoms with Crippen molar-refractivity contribution in [1.29, 1.82) is 0 Å². The molecule has 0 heterocycles. The van der Waals surface area contributed by atoms with Crippen LogP contribution in [0.3, 0.4) is 0 Å². The molecule has 1 aliphatic carbocycles. The maximum atomic E-state index is 14.1. The predicted molar refractivity (Wildman–Crippen MR) is 73.6 cm³/mol. The molecule has 0 spiro atoms. The second kappa shape index (κ2) is 4.48. The minimum absolute atomic E-state index is 0.0756. The molecule has 1 saturated carbocycles. The number of nitrogens with two attached hydrogens (primary N) is 1. The van der Waals surface area contributed by atoms with Gasteiger partial charge in [0.2, 0.25) is 0 Å². The SMILES string of the molecule is CC1(C)CC(C)(C)CC(N)(c2ccc(F)c(F)c2F)C1. The molecular weight excluding hydrogens is 263 g/mol. The Labute approximate surface area is 118 Å². The lowest BCUT2D eigenvalue weighted by Gasteiger charge is -2.50. The second-order valence-corrected chi connectivity index (χ2v) is 7.74. The highest BCUT2D eigenvalue weighted by atomic mass is 19.2. The molecule has 0 amide bonds. The van der Waals surface area contributed by atoms with Gasteiger partial charge in [-0.05, 0) is 36.2 Å². The maximum Gasteiger partial charge on any atom is 0.194 e. The fraction of sp³-hybridized carbons (Fsp3) is 0.625. The van der Waals surface area contributed by atoms with E-state index in [1.165, 1.54) is 6.07 Å². The molecule has 0 atom stereocenters. The molecule has 0 aliphatic heterocycles. The van der Waals surface area contributed by atoms with Crippen molar-refractivity contribution < 1.29 is 13.2 Å². The summed E-state index contributed by atoms with van der Waals surface area (Å²) < 4.78 is 40.7. The van der Waals surface area contributed by atoms with Gasteiger partial charge in [0.15, 0.2) is 17.5 Å². The summed E-state index contributed by atoms with van der Waals surface area (Å²) in [6.45, 7) is 8.31. The van der Waals surface area contributed by atoms with Gasteiger partial charge in [0.1, 0.15) is 0 Å². The van der Waals surface area contributed by atoms with E-state index >= 15 is 0 Å². The topological polar surface area (TPSA) is 26.0 Å². The molecule has 2 rings (SSSR count).